The molecule has 1 amide bonds. The molecule has 0 aliphatic rings. The maximum absolute atomic E-state index is 13.5. The molecule has 2 N–H and O–H groups in total. The number of halogens is 2. The van der Waals surface area contributed by atoms with E-state index in [0.717, 1.165) is 23.9 Å². The molecule has 0 bridgehead atoms. The van der Waals surface area contributed by atoms with Gasteiger partial charge in [0.25, 0.3) is 5.91 Å². The summed E-state index contributed by atoms with van der Waals surface area (Å²) in [6.07, 6.45) is 0. The van der Waals surface area contributed by atoms with Gasteiger partial charge in [-0.15, -0.1) is 0 Å². The first-order valence-corrected chi connectivity index (χ1v) is 6.62. The Kier molecular flexibility index (Phi) is 4.52. The van der Waals surface area contributed by atoms with Gasteiger partial charge in [-0.2, -0.15) is 0 Å². The van der Waals surface area contributed by atoms with Crippen molar-refractivity contribution >= 4 is 17.3 Å². The van der Waals surface area contributed by atoms with Crippen LogP contribution in [0.25, 0.3) is 0 Å². The molecule has 110 valence electrons. The van der Waals surface area contributed by atoms with Crippen molar-refractivity contribution in [3.05, 3.63) is 59.2 Å². The fourth-order valence-corrected chi connectivity index (χ4v) is 1.99. The van der Waals surface area contributed by atoms with E-state index in [0.29, 0.717) is 5.56 Å². The molecule has 0 radical (unpaired) electrons. The lowest BCUT2D eigenvalue weighted by atomic mass is 10.1. The highest BCUT2D eigenvalue weighted by atomic mass is 19.2. The molecule has 0 aromatic heterocycles. The summed E-state index contributed by atoms with van der Waals surface area (Å²) in [6, 6.07) is 8.78. The van der Waals surface area contributed by atoms with E-state index >= 15 is 0 Å². The molecular formula is C16H16F2N2O. The Hall–Kier alpha value is -2.43. The third-order valence-corrected chi connectivity index (χ3v) is 3.06. The van der Waals surface area contributed by atoms with Gasteiger partial charge in [-0.3, -0.25) is 4.79 Å². The lowest BCUT2D eigenvalue weighted by Gasteiger charge is -2.10. The molecule has 3 nitrogen and oxygen atoms in total. The summed E-state index contributed by atoms with van der Waals surface area (Å²) in [7, 11) is 0. The number of benzene rings is 2. The Labute approximate surface area is 122 Å². The van der Waals surface area contributed by atoms with E-state index in [-0.39, 0.29) is 5.69 Å². The van der Waals surface area contributed by atoms with Crippen LogP contribution < -0.4 is 10.6 Å². The molecule has 2 aromatic carbocycles. The molecule has 0 spiro atoms. The van der Waals surface area contributed by atoms with E-state index in [4.69, 9.17) is 0 Å². The summed E-state index contributed by atoms with van der Waals surface area (Å²) in [5.74, 6) is -2.54. The predicted octanol–water partition coefficient (Wildman–Crippen LogP) is 3.96. The van der Waals surface area contributed by atoms with Crippen molar-refractivity contribution in [3.63, 3.8) is 0 Å². The predicted molar refractivity (Wildman–Crippen MR) is 79.7 cm³/mol. The van der Waals surface area contributed by atoms with Crippen molar-refractivity contribution < 1.29 is 13.6 Å². The van der Waals surface area contributed by atoms with Crippen LogP contribution in [0.15, 0.2) is 36.4 Å². The first-order valence-electron chi connectivity index (χ1n) is 6.62. The second-order valence-electron chi connectivity index (χ2n) is 4.62. The molecular weight excluding hydrogens is 274 g/mol. The average molecular weight is 290 g/mol. The average Bonchev–Trinajstić information content (AvgIpc) is 2.46. The lowest BCUT2D eigenvalue weighted by Crippen LogP contribution is -2.14. The number of aryl methyl sites for hydroxylation is 1. The standard InChI is InChI=1S/C16H16F2N2O/c1-3-19-13-8-7-11(9-10(13)2)16(21)20-14-6-4-5-12(17)15(14)18/h4-9,19H,3H2,1-2H3,(H,20,21). The minimum Gasteiger partial charge on any atom is -0.385 e. The van der Waals surface area contributed by atoms with Gasteiger partial charge in [-0.25, -0.2) is 8.78 Å². The van der Waals surface area contributed by atoms with Crippen LogP contribution in [0.5, 0.6) is 0 Å². The maximum atomic E-state index is 13.5. The zero-order chi connectivity index (χ0) is 15.4. The van der Waals surface area contributed by atoms with E-state index in [2.05, 4.69) is 10.6 Å². The van der Waals surface area contributed by atoms with Gasteiger partial charge in [-0.05, 0) is 49.7 Å². The summed E-state index contributed by atoms with van der Waals surface area (Å²) >= 11 is 0. The number of rotatable bonds is 4. The number of carbonyl (C=O) groups excluding carboxylic acids is 1. The van der Waals surface area contributed by atoms with Crippen molar-refractivity contribution in [2.75, 3.05) is 17.2 Å². The van der Waals surface area contributed by atoms with Crippen molar-refractivity contribution in [1.29, 1.82) is 0 Å². The van der Waals surface area contributed by atoms with Crippen molar-refractivity contribution in [1.82, 2.24) is 0 Å². The molecule has 0 aliphatic heterocycles. The number of amides is 1. The van der Waals surface area contributed by atoms with Crippen LogP contribution in [-0.4, -0.2) is 12.5 Å². The molecule has 2 rings (SSSR count). The highest BCUT2D eigenvalue weighted by molar-refractivity contribution is 6.04. The topological polar surface area (TPSA) is 41.1 Å². The first-order chi connectivity index (χ1) is 10.0. The van der Waals surface area contributed by atoms with Crippen LogP contribution in [0.1, 0.15) is 22.8 Å². The van der Waals surface area contributed by atoms with E-state index in [1.165, 1.54) is 12.1 Å². The largest absolute Gasteiger partial charge is 0.385 e. The third kappa shape index (κ3) is 3.37. The molecule has 5 heteroatoms. The van der Waals surface area contributed by atoms with Gasteiger partial charge in [0.2, 0.25) is 0 Å². The van der Waals surface area contributed by atoms with Gasteiger partial charge in [-0.1, -0.05) is 6.07 Å². The third-order valence-electron chi connectivity index (χ3n) is 3.06. The molecule has 0 heterocycles. The van der Waals surface area contributed by atoms with Crippen LogP contribution in [0.4, 0.5) is 20.2 Å². The fourth-order valence-electron chi connectivity index (χ4n) is 1.99. The summed E-state index contributed by atoms with van der Waals surface area (Å²) in [5.41, 5.74) is 2.06. The van der Waals surface area contributed by atoms with Crippen LogP contribution in [0.2, 0.25) is 0 Å². The second kappa shape index (κ2) is 6.35. The molecule has 2 aromatic rings. The van der Waals surface area contributed by atoms with Crippen LogP contribution >= 0.6 is 0 Å². The lowest BCUT2D eigenvalue weighted by molar-refractivity contribution is 0.102. The van der Waals surface area contributed by atoms with E-state index in [1.54, 1.807) is 18.2 Å². The normalized spacial score (nSPS) is 10.3. The summed E-state index contributed by atoms with van der Waals surface area (Å²) in [5, 5.41) is 5.54. The summed E-state index contributed by atoms with van der Waals surface area (Å²) in [6.45, 7) is 4.63. The first kappa shape index (κ1) is 15.0. The smallest absolute Gasteiger partial charge is 0.255 e. The zero-order valence-electron chi connectivity index (χ0n) is 11.8. The van der Waals surface area contributed by atoms with Gasteiger partial charge < -0.3 is 10.6 Å². The van der Waals surface area contributed by atoms with E-state index in [9.17, 15) is 13.6 Å². The Morgan fingerprint density at radius 2 is 1.90 bits per heavy atom. The van der Waals surface area contributed by atoms with Gasteiger partial charge in [0, 0.05) is 17.8 Å². The summed E-state index contributed by atoms with van der Waals surface area (Å²) in [4.78, 5) is 12.1. The Balaban J connectivity index is 2.21. The molecule has 0 saturated carbocycles. The SMILES string of the molecule is CCNc1ccc(C(=O)Nc2cccc(F)c2F)cc1C. The minimum absolute atomic E-state index is 0.173. The monoisotopic (exact) mass is 290 g/mol. The van der Waals surface area contributed by atoms with Gasteiger partial charge in [0.1, 0.15) is 0 Å². The Morgan fingerprint density at radius 3 is 2.57 bits per heavy atom. The number of nitrogens with one attached hydrogen (secondary N) is 2. The van der Waals surface area contributed by atoms with Gasteiger partial charge in [0.05, 0.1) is 5.69 Å². The quantitative estimate of drug-likeness (QED) is 0.895. The van der Waals surface area contributed by atoms with E-state index in [1.807, 2.05) is 13.8 Å². The van der Waals surface area contributed by atoms with Crippen molar-refractivity contribution in [2.24, 2.45) is 0 Å². The van der Waals surface area contributed by atoms with Crippen molar-refractivity contribution in [2.45, 2.75) is 13.8 Å². The van der Waals surface area contributed by atoms with Crippen LogP contribution in [0.3, 0.4) is 0 Å². The number of hydrogen-bond donors (Lipinski definition) is 2. The Bertz CT molecular complexity index is 671. The van der Waals surface area contributed by atoms with Crippen LogP contribution in [0, 0.1) is 18.6 Å². The zero-order valence-corrected chi connectivity index (χ0v) is 11.8. The Morgan fingerprint density at radius 1 is 1.14 bits per heavy atom. The fraction of sp³-hybridized carbons (Fsp3) is 0.188. The maximum Gasteiger partial charge on any atom is 0.255 e. The van der Waals surface area contributed by atoms with Gasteiger partial charge in [0.15, 0.2) is 11.6 Å². The summed E-state index contributed by atoms with van der Waals surface area (Å²) < 4.78 is 26.6. The minimum atomic E-state index is -1.06. The van der Waals surface area contributed by atoms with Gasteiger partial charge >= 0.3 is 0 Å². The molecule has 0 atom stereocenters. The number of carbonyl (C=O) groups is 1. The molecule has 0 fully saturated rings. The molecule has 0 saturated heterocycles. The number of anilines is 2. The second-order valence-corrected chi connectivity index (χ2v) is 4.62. The molecule has 0 unspecified atom stereocenters. The van der Waals surface area contributed by atoms with E-state index < -0.39 is 17.5 Å². The van der Waals surface area contributed by atoms with Crippen molar-refractivity contribution in [3.8, 4) is 0 Å². The highest BCUT2D eigenvalue weighted by Crippen LogP contribution is 2.20. The molecule has 21 heavy (non-hydrogen) atoms. The highest BCUT2D eigenvalue weighted by Gasteiger charge is 2.12. The number of hydrogen-bond acceptors (Lipinski definition) is 2. The van der Waals surface area contributed by atoms with Crippen LogP contribution in [-0.2, 0) is 0 Å². The molecule has 0 aliphatic carbocycles.